The van der Waals surface area contributed by atoms with Gasteiger partial charge in [0, 0.05) is 62.2 Å². The fraction of sp³-hybridized carbons (Fsp3) is 0.250. The maximum absolute atomic E-state index is 13.4. The molecule has 15 nitrogen and oxygen atoms in total. The van der Waals surface area contributed by atoms with Crippen LogP contribution in [0.4, 0.5) is 11.5 Å². The highest BCUT2D eigenvalue weighted by atomic mass is 16.5. The van der Waals surface area contributed by atoms with Crippen LogP contribution in [0.25, 0.3) is 28.0 Å². The van der Waals surface area contributed by atoms with Crippen LogP contribution in [0.15, 0.2) is 95.6 Å². The van der Waals surface area contributed by atoms with Crippen LogP contribution in [0.1, 0.15) is 50.6 Å². The summed E-state index contributed by atoms with van der Waals surface area (Å²) in [6, 6.07) is 26.1. The number of hydrogen-bond acceptors (Lipinski definition) is 11. The van der Waals surface area contributed by atoms with Crippen molar-refractivity contribution in [2.45, 2.75) is 39.3 Å². The monoisotopic (exact) mass is 792 g/mol. The fourth-order valence-electron chi connectivity index (χ4n) is 8.13. The molecule has 3 aromatic carbocycles. The molecule has 0 bridgehead atoms. The molecule has 5 amide bonds. The smallest absolute Gasteiger partial charge is 0.266 e. The second-order valence-corrected chi connectivity index (χ2v) is 14.8. The van der Waals surface area contributed by atoms with Crippen molar-refractivity contribution in [3.8, 4) is 28.1 Å². The van der Waals surface area contributed by atoms with Gasteiger partial charge in [0.1, 0.15) is 34.7 Å². The summed E-state index contributed by atoms with van der Waals surface area (Å²) in [5.41, 5.74) is 7.58. The number of aromatic nitrogens is 3. The molecule has 0 aliphatic carbocycles. The highest BCUT2D eigenvalue weighted by Crippen LogP contribution is 2.36. The first-order valence-corrected chi connectivity index (χ1v) is 19.5. The Kier molecular flexibility index (Phi) is 9.63. The van der Waals surface area contributed by atoms with Crippen molar-refractivity contribution in [2.75, 3.05) is 43.0 Å². The quantitative estimate of drug-likeness (QED) is 0.179. The maximum Gasteiger partial charge on any atom is 0.266 e. The zero-order valence-corrected chi connectivity index (χ0v) is 32.4. The summed E-state index contributed by atoms with van der Waals surface area (Å²) < 4.78 is 13.4. The van der Waals surface area contributed by atoms with E-state index in [0.29, 0.717) is 32.7 Å². The summed E-state index contributed by atoms with van der Waals surface area (Å²) in [6.07, 6.45) is 2.08. The number of carbonyl (C=O) groups excluding carboxylic acids is 5. The topological polar surface area (TPSA) is 172 Å². The van der Waals surface area contributed by atoms with E-state index in [9.17, 15) is 24.0 Å². The van der Waals surface area contributed by atoms with Gasteiger partial charge in [0.15, 0.2) is 6.61 Å². The third-order valence-electron chi connectivity index (χ3n) is 11.2. The Labute approximate surface area is 338 Å². The zero-order chi connectivity index (χ0) is 40.8. The van der Waals surface area contributed by atoms with Gasteiger partial charge in [0.05, 0.1) is 16.8 Å². The molecule has 0 radical (unpaired) electrons. The van der Waals surface area contributed by atoms with E-state index in [2.05, 4.69) is 67.6 Å². The molecule has 3 aliphatic heterocycles. The first-order valence-electron chi connectivity index (χ1n) is 19.5. The van der Waals surface area contributed by atoms with E-state index in [0.717, 1.165) is 61.5 Å². The lowest BCUT2D eigenvalue weighted by Crippen LogP contribution is -2.54. The van der Waals surface area contributed by atoms with Crippen molar-refractivity contribution < 1.29 is 33.2 Å². The lowest BCUT2D eigenvalue weighted by Gasteiger charge is -2.36. The number of hydrogen-bond donors (Lipinski definition) is 2. The van der Waals surface area contributed by atoms with E-state index in [-0.39, 0.29) is 42.2 Å². The first kappa shape index (κ1) is 37.3. The van der Waals surface area contributed by atoms with Crippen molar-refractivity contribution in [2.24, 2.45) is 0 Å². The molecule has 6 heterocycles. The van der Waals surface area contributed by atoms with Gasteiger partial charge in [-0.15, -0.1) is 0 Å². The summed E-state index contributed by atoms with van der Waals surface area (Å²) in [4.78, 5) is 74.0. The Hall–Kier alpha value is -7.29. The summed E-state index contributed by atoms with van der Waals surface area (Å²) >= 11 is 0. The van der Waals surface area contributed by atoms with Crippen molar-refractivity contribution >= 4 is 46.7 Å². The molecule has 3 aromatic heterocycles. The molecule has 1 unspecified atom stereocenters. The van der Waals surface area contributed by atoms with Crippen LogP contribution in [0.2, 0.25) is 0 Å². The molecule has 0 spiro atoms. The van der Waals surface area contributed by atoms with E-state index < -0.39 is 29.7 Å². The molecule has 15 heteroatoms. The molecule has 1 atom stereocenters. The second kappa shape index (κ2) is 15.2. The number of carbonyl (C=O) groups is 5. The molecular formula is C44H40N8O7. The minimum atomic E-state index is -1.10. The number of nitrogens with one attached hydrogen (secondary N) is 2. The molecule has 3 aliphatic rings. The van der Waals surface area contributed by atoms with Gasteiger partial charge in [0.2, 0.25) is 11.8 Å². The van der Waals surface area contributed by atoms with E-state index in [1.165, 1.54) is 12.1 Å². The third kappa shape index (κ3) is 6.94. The molecular weight excluding hydrogens is 753 g/mol. The third-order valence-corrected chi connectivity index (χ3v) is 11.2. The number of imide groups is 2. The van der Waals surface area contributed by atoms with Crippen molar-refractivity contribution in [3.63, 3.8) is 0 Å². The molecule has 59 heavy (non-hydrogen) atoms. The molecule has 2 N–H and O–H groups in total. The minimum Gasteiger partial charge on any atom is -0.483 e. The Balaban J connectivity index is 0.863. The van der Waals surface area contributed by atoms with E-state index in [4.69, 9.17) is 14.2 Å². The Morgan fingerprint density at radius 2 is 1.66 bits per heavy atom. The maximum atomic E-state index is 13.4. The SMILES string of the molecule is Cc1noc(C)c1-c1ccn2c(NCc3ccccc3)c(-c3ccc(N4CCN(C(=O)COc5cccc6c5C(=O)N(C5CCC(=O)NC5=O)C6=O)CC4)cc3)nc2c1. The zero-order valence-electron chi connectivity index (χ0n) is 32.4. The van der Waals surface area contributed by atoms with Crippen LogP contribution in [0.5, 0.6) is 5.75 Å². The van der Waals surface area contributed by atoms with Gasteiger partial charge in [-0.25, -0.2) is 4.98 Å². The van der Waals surface area contributed by atoms with Crippen LogP contribution in [0, 0.1) is 13.8 Å². The highest BCUT2D eigenvalue weighted by molar-refractivity contribution is 6.24. The van der Waals surface area contributed by atoms with Gasteiger partial charge in [-0.2, -0.15) is 0 Å². The number of imidazole rings is 1. The molecule has 2 saturated heterocycles. The number of fused-ring (bicyclic) bond motifs is 2. The molecule has 6 aromatic rings. The molecule has 2 fully saturated rings. The minimum absolute atomic E-state index is 0.00715. The predicted molar refractivity (Wildman–Crippen MR) is 217 cm³/mol. The second-order valence-electron chi connectivity index (χ2n) is 14.8. The van der Waals surface area contributed by atoms with Crippen molar-refractivity contribution in [1.82, 2.24) is 29.7 Å². The molecule has 9 rings (SSSR count). The van der Waals surface area contributed by atoms with Gasteiger partial charge in [0.25, 0.3) is 17.7 Å². The number of amides is 5. The normalized spacial score (nSPS) is 16.8. The van der Waals surface area contributed by atoms with E-state index in [1.54, 1.807) is 11.0 Å². The Morgan fingerprint density at radius 3 is 2.39 bits per heavy atom. The van der Waals surface area contributed by atoms with Crippen LogP contribution < -0.4 is 20.3 Å². The van der Waals surface area contributed by atoms with Gasteiger partial charge in [-0.3, -0.25) is 38.6 Å². The number of aryl methyl sites for hydroxylation is 2. The number of piperazine rings is 1. The summed E-state index contributed by atoms with van der Waals surface area (Å²) in [7, 11) is 0. The van der Waals surface area contributed by atoms with Gasteiger partial charge in [-0.05, 0) is 67.8 Å². The van der Waals surface area contributed by atoms with Gasteiger partial charge in [-0.1, -0.05) is 53.7 Å². The highest BCUT2D eigenvalue weighted by Gasteiger charge is 2.46. The first-order chi connectivity index (χ1) is 28.6. The number of rotatable bonds is 10. The molecule has 298 valence electrons. The lowest BCUT2D eigenvalue weighted by atomic mass is 10.0. The Bertz CT molecular complexity index is 2630. The average molecular weight is 793 g/mol. The molecule has 0 saturated carbocycles. The predicted octanol–water partition coefficient (Wildman–Crippen LogP) is 5.01. The number of pyridine rings is 1. The van der Waals surface area contributed by atoms with Gasteiger partial charge >= 0.3 is 0 Å². The fourth-order valence-corrected chi connectivity index (χ4v) is 8.13. The average Bonchev–Trinajstić information content (AvgIpc) is 3.88. The van der Waals surface area contributed by atoms with Crippen LogP contribution in [0.3, 0.4) is 0 Å². The number of ether oxygens (including phenoxy) is 1. The number of nitrogens with zero attached hydrogens (tertiary/aromatic N) is 6. The van der Waals surface area contributed by atoms with Crippen LogP contribution in [-0.2, 0) is 20.9 Å². The number of piperidine rings is 1. The standard InChI is InChI=1S/C44H40N8O7/c1-26-38(27(2)59-48-26)30-17-18-51-35(23-30)46-40(41(51)45-24-28-7-4-3-5-8-28)29-11-13-31(14-12-29)49-19-21-50(22-20-49)37(54)25-58-34-10-6-9-32-39(34)44(57)52(43(32)56)33-15-16-36(53)47-42(33)55/h3-14,17-18,23,33,45H,15-16,19-22,24-25H2,1-2H3,(H,47,53,55). The lowest BCUT2D eigenvalue weighted by molar-refractivity contribution is -0.136. The van der Waals surface area contributed by atoms with E-state index >= 15 is 0 Å². The summed E-state index contributed by atoms with van der Waals surface area (Å²) in [5, 5.41) is 9.96. The van der Waals surface area contributed by atoms with Gasteiger partial charge < -0.3 is 24.4 Å². The largest absolute Gasteiger partial charge is 0.483 e. The van der Waals surface area contributed by atoms with Crippen LogP contribution >= 0.6 is 0 Å². The number of benzene rings is 3. The van der Waals surface area contributed by atoms with Crippen molar-refractivity contribution in [1.29, 1.82) is 0 Å². The Morgan fingerprint density at radius 1 is 0.881 bits per heavy atom. The summed E-state index contributed by atoms with van der Waals surface area (Å²) in [5.74, 6) is -1.01. The summed E-state index contributed by atoms with van der Waals surface area (Å²) in [6.45, 7) is 6.26. The van der Waals surface area contributed by atoms with E-state index in [1.807, 2.05) is 44.3 Å². The van der Waals surface area contributed by atoms with Crippen molar-refractivity contribution in [3.05, 3.63) is 119 Å². The van der Waals surface area contributed by atoms with Crippen LogP contribution in [-0.4, -0.2) is 92.7 Å². The number of anilines is 2.